The maximum atomic E-state index is 13.3. The van der Waals surface area contributed by atoms with E-state index in [2.05, 4.69) is 29.8 Å². The van der Waals surface area contributed by atoms with E-state index in [-0.39, 0.29) is 30.2 Å². The zero-order valence-corrected chi connectivity index (χ0v) is 17.2. The SMILES string of the molecule is CC(C)c1ccc(C2c3c(oc4ccc(Br)cc4c3=O)C(=O)N2CCO)cc1. The third kappa shape index (κ3) is 2.97. The number of carbonyl (C=O) groups excluding carboxylic acids is 1. The Morgan fingerprint density at radius 3 is 2.50 bits per heavy atom. The lowest BCUT2D eigenvalue weighted by Crippen LogP contribution is -2.32. The minimum atomic E-state index is -0.574. The van der Waals surface area contributed by atoms with Gasteiger partial charge in [0.05, 0.1) is 23.6 Å². The lowest BCUT2D eigenvalue weighted by molar-refractivity contribution is 0.0691. The number of β-amino-alcohol motifs (C(OH)–C–C–N with tert-alkyl or cyclic N) is 1. The molecular formula is C22H20BrNO4. The average Bonchev–Trinajstić information content (AvgIpc) is 2.95. The van der Waals surface area contributed by atoms with Crippen LogP contribution in [-0.4, -0.2) is 29.1 Å². The van der Waals surface area contributed by atoms with E-state index in [9.17, 15) is 14.7 Å². The van der Waals surface area contributed by atoms with Crippen LogP contribution in [0.5, 0.6) is 0 Å². The molecule has 0 radical (unpaired) electrons. The van der Waals surface area contributed by atoms with Crippen molar-refractivity contribution < 1.29 is 14.3 Å². The smallest absolute Gasteiger partial charge is 0.290 e. The lowest BCUT2D eigenvalue weighted by Gasteiger charge is -2.24. The van der Waals surface area contributed by atoms with Crippen molar-refractivity contribution in [2.24, 2.45) is 0 Å². The quantitative estimate of drug-likeness (QED) is 0.657. The molecule has 1 amide bonds. The van der Waals surface area contributed by atoms with E-state index in [0.29, 0.717) is 22.5 Å². The molecule has 1 aromatic heterocycles. The van der Waals surface area contributed by atoms with Crippen molar-refractivity contribution in [1.29, 1.82) is 0 Å². The number of halogens is 1. The molecule has 1 unspecified atom stereocenters. The summed E-state index contributed by atoms with van der Waals surface area (Å²) in [6.45, 7) is 4.15. The number of carbonyl (C=O) groups is 1. The zero-order valence-electron chi connectivity index (χ0n) is 15.6. The van der Waals surface area contributed by atoms with Gasteiger partial charge in [0.15, 0.2) is 5.43 Å². The van der Waals surface area contributed by atoms with E-state index in [0.717, 1.165) is 10.0 Å². The zero-order chi connectivity index (χ0) is 20.0. The molecule has 1 aliphatic rings. The van der Waals surface area contributed by atoms with Gasteiger partial charge in [-0.15, -0.1) is 0 Å². The molecule has 6 heteroatoms. The maximum Gasteiger partial charge on any atom is 0.290 e. The summed E-state index contributed by atoms with van der Waals surface area (Å²) in [5.74, 6) is 0.0709. The number of rotatable bonds is 4. The van der Waals surface area contributed by atoms with Crippen molar-refractivity contribution in [1.82, 2.24) is 4.90 Å². The summed E-state index contributed by atoms with van der Waals surface area (Å²) in [6, 6.07) is 12.5. The Morgan fingerprint density at radius 1 is 1.14 bits per heavy atom. The predicted octanol–water partition coefficient (Wildman–Crippen LogP) is 4.22. The van der Waals surface area contributed by atoms with Gasteiger partial charge >= 0.3 is 0 Å². The van der Waals surface area contributed by atoms with Gasteiger partial charge in [-0.2, -0.15) is 0 Å². The Balaban J connectivity index is 1.95. The van der Waals surface area contributed by atoms with Gasteiger partial charge in [0.1, 0.15) is 5.58 Å². The molecule has 2 aromatic carbocycles. The second-order valence-electron chi connectivity index (χ2n) is 7.26. The molecule has 0 aliphatic carbocycles. The summed E-state index contributed by atoms with van der Waals surface area (Å²) >= 11 is 3.39. The summed E-state index contributed by atoms with van der Waals surface area (Å²) in [6.07, 6.45) is 0. The number of aliphatic hydroxyl groups is 1. The number of benzene rings is 2. The fourth-order valence-corrected chi connectivity index (χ4v) is 4.10. The third-order valence-electron chi connectivity index (χ3n) is 5.19. The Hall–Kier alpha value is -2.44. The molecule has 5 nitrogen and oxygen atoms in total. The second-order valence-corrected chi connectivity index (χ2v) is 8.18. The summed E-state index contributed by atoms with van der Waals surface area (Å²) in [4.78, 5) is 27.8. The first-order chi connectivity index (χ1) is 13.4. The molecule has 0 fully saturated rings. The van der Waals surface area contributed by atoms with E-state index >= 15 is 0 Å². The highest BCUT2D eigenvalue weighted by atomic mass is 79.9. The van der Waals surface area contributed by atoms with Crippen LogP contribution in [0.4, 0.5) is 0 Å². The Kier molecular flexibility index (Phi) is 4.85. The van der Waals surface area contributed by atoms with Gasteiger partial charge in [-0.3, -0.25) is 9.59 Å². The van der Waals surface area contributed by atoms with Gasteiger partial charge in [-0.05, 0) is 35.2 Å². The molecule has 1 atom stereocenters. The van der Waals surface area contributed by atoms with Gasteiger partial charge in [-0.25, -0.2) is 0 Å². The molecule has 4 rings (SSSR count). The van der Waals surface area contributed by atoms with Crippen LogP contribution in [0.25, 0.3) is 11.0 Å². The van der Waals surface area contributed by atoms with E-state index in [1.807, 2.05) is 24.3 Å². The van der Waals surface area contributed by atoms with E-state index < -0.39 is 6.04 Å². The van der Waals surface area contributed by atoms with Gasteiger partial charge in [-0.1, -0.05) is 54.0 Å². The standard InChI is InChI=1S/C22H20BrNO4/c1-12(2)13-3-5-14(6-4-13)19-18-20(26)16-11-15(23)7-8-17(16)28-21(18)22(27)24(19)9-10-25/h3-8,11-12,19,25H,9-10H2,1-2H3. The van der Waals surface area contributed by atoms with Crippen LogP contribution in [-0.2, 0) is 0 Å². The number of hydrogen-bond donors (Lipinski definition) is 1. The normalized spacial score (nSPS) is 16.2. The first-order valence-electron chi connectivity index (χ1n) is 9.20. The van der Waals surface area contributed by atoms with Crippen molar-refractivity contribution in [2.45, 2.75) is 25.8 Å². The van der Waals surface area contributed by atoms with Crippen LogP contribution >= 0.6 is 15.9 Å². The van der Waals surface area contributed by atoms with Crippen LogP contribution in [0.2, 0.25) is 0 Å². The molecule has 3 aromatic rings. The Labute approximate surface area is 170 Å². The highest BCUT2D eigenvalue weighted by Gasteiger charge is 2.42. The van der Waals surface area contributed by atoms with Crippen molar-refractivity contribution >= 4 is 32.8 Å². The topological polar surface area (TPSA) is 70.8 Å². The summed E-state index contributed by atoms with van der Waals surface area (Å²) in [5.41, 5.74) is 2.49. The number of aliphatic hydroxyl groups excluding tert-OH is 1. The molecule has 1 aliphatic heterocycles. The predicted molar refractivity (Wildman–Crippen MR) is 111 cm³/mol. The molecule has 28 heavy (non-hydrogen) atoms. The van der Waals surface area contributed by atoms with Gasteiger partial charge in [0, 0.05) is 11.0 Å². The molecule has 0 saturated heterocycles. The molecule has 2 heterocycles. The fraction of sp³-hybridized carbons (Fsp3) is 0.273. The second kappa shape index (κ2) is 7.18. The first-order valence-corrected chi connectivity index (χ1v) is 9.99. The van der Waals surface area contributed by atoms with E-state index in [1.165, 1.54) is 10.5 Å². The number of fused-ring (bicyclic) bond motifs is 2. The van der Waals surface area contributed by atoms with E-state index in [1.54, 1.807) is 18.2 Å². The van der Waals surface area contributed by atoms with Crippen LogP contribution in [0.1, 0.15) is 53.1 Å². The largest absolute Gasteiger partial charge is 0.450 e. The summed E-state index contributed by atoms with van der Waals surface area (Å²) in [5, 5.41) is 9.92. The third-order valence-corrected chi connectivity index (χ3v) is 5.68. The van der Waals surface area contributed by atoms with Crippen molar-refractivity contribution in [3.8, 4) is 0 Å². The Morgan fingerprint density at radius 2 is 1.86 bits per heavy atom. The van der Waals surface area contributed by atoms with Gasteiger partial charge < -0.3 is 14.4 Å². The molecule has 144 valence electrons. The minimum Gasteiger partial charge on any atom is -0.450 e. The number of hydrogen-bond acceptors (Lipinski definition) is 4. The molecule has 0 spiro atoms. The van der Waals surface area contributed by atoms with Gasteiger partial charge in [0.25, 0.3) is 5.91 Å². The maximum absolute atomic E-state index is 13.3. The monoisotopic (exact) mass is 441 g/mol. The van der Waals surface area contributed by atoms with Crippen LogP contribution in [0.15, 0.2) is 56.1 Å². The van der Waals surface area contributed by atoms with Gasteiger partial charge in [0.2, 0.25) is 5.76 Å². The molecule has 0 saturated carbocycles. The van der Waals surface area contributed by atoms with E-state index in [4.69, 9.17) is 4.42 Å². The molecular weight excluding hydrogens is 422 g/mol. The Bertz CT molecular complexity index is 1120. The van der Waals surface area contributed by atoms with Crippen molar-refractivity contribution in [2.75, 3.05) is 13.2 Å². The number of amides is 1. The highest BCUT2D eigenvalue weighted by Crippen LogP contribution is 2.38. The number of nitrogens with zero attached hydrogens (tertiary/aromatic N) is 1. The van der Waals surface area contributed by atoms with Crippen LogP contribution in [0, 0.1) is 0 Å². The van der Waals surface area contributed by atoms with Crippen molar-refractivity contribution in [3.05, 3.63) is 79.6 Å². The minimum absolute atomic E-state index is 0.0613. The summed E-state index contributed by atoms with van der Waals surface area (Å²) < 4.78 is 6.61. The summed E-state index contributed by atoms with van der Waals surface area (Å²) in [7, 11) is 0. The molecule has 1 N–H and O–H groups in total. The van der Waals surface area contributed by atoms with Crippen LogP contribution < -0.4 is 5.43 Å². The fourth-order valence-electron chi connectivity index (χ4n) is 3.74. The van der Waals surface area contributed by atoms with Crippen LogP contribution in [0.3, 0.4) is 0 Å². The first kappa shape index (κ1) is 18.9. The highest BCUT2D eigenvalue weighted by molar-refractivity contribution is 9.10. The average molecular weight is 442 g/mol. The molecule has 0 bridgehead atoms. The lowest BCUT2D eigenvalue weighted by atomic mass is 9.95. The van der Waals surface area contributed by atoms with Crippen molar-refractivity contribution in [3.63, 3.8) is 0 Å².